The summed E-state index contributed by atoms with van der Waals surface area (Å²) in [7, 11) is 3.40. The number of hydrogen-bond donors (Lipinski definition) is 1. The van der Waals surface area contributed by atoms with Crippen LogP contribution < -0.4 is 5.32 Å². The third-order valence-corrected chi connectivity index (χ3v) is 4.71. The van der Waals surface area contributed by atoms with Crippen molar-refractivity contribution in [2.75, 3.05) is 20.7 Å². The highest BCUT2D eigenvalue weighted by Gasteiger charge is 2.18. The summed E-state index contributed by atoms with van der Waals surface area (Å²) in [4.78, 5) is 25.7. The minimum absolute atomic E-state index is 0.0405. The lowest BCUT2D eigenvalue weighted by molar-refractivity contribution is -0.122. The van der Waals surface area contributed by atoms with E-state index < -0.39 is 0 Å². The maximum atomic E-state index is 12.1. The van der Waals surface area contributed by atoms with Crippen LogP contribution >= 0.6 is 0 Å². The highest BCUT2D eigenvalue weighted by Crippen LogP contribution is 2.20. The Balaban J connectivity index is 1.76. The zero-order valence-corrected chi connectivity index (χ0v) is 14.7. The predicted molar refractivity (Wildman–Crippen MR) is 93.7 cm³/mol. The van der Waals surface area contributed by atoms with Crippen molar-refractivity contribution in [3.8, 4) is 0 Å². The van der Waals surface area contributed by atoms with Gasteiger partial charge in [-0.1, -0.05) is 37.8 Å². The van der Waals surface area contributed by atoms with Crippen LogP contribution in [0.3, 0.4) is 0 Å². The van der Waals surface area contributed by atoms with Gasteiger partial charge in [0.25, 0.3) is 0 Å². The van der Waals surface area contributed by atoms with E-state index in [1.165, 1.54) is 45.6 Å². The number of rotatable bonds is 6. The number of ether oxygens (including phenoxy) is 1. The number of benzene rings is 1. The van der Waals surface area contributed by atoms with Crippen molar-refractivity contribution in [1.82, 2.24) is 10.2 Å². The first-order valence-electron chi connectivity index (χ1n) is 8.74. The van der Waals surface area contributed by atoms with Crippen LogP contribution in [0.2, 0.25) is 0 Å². The van der Waals surface area contributed by atoms with E-state index in [0.29, 0.717) is 24.7 Å². The van der Waals surface area contributed by atoms with E-state index in [2.05, 4.69) is 15.0 Å². The van der Waals surface area contributed by atoms with Crippen molar-refractivity contribution < 1.29 is 14.3 Å². The molecule has 5 heteroatoms. The van der Waals surface area contributed by atoms with Crippen LogP contribution in [0.15, 0.2) is 24.3 Å². The van der Waals surface area contributed by atoms with Crippen molar-refractivity contribution >= 4 is 11.9 Å². The fourth-order valence-corrected chi connectivity index (χ4v) is 3.19. The van der Waals surface area contributed by atoms with Gasteiger partial charge in [-0.25, -0.2) is 4.79 Å². The van der Waals surface area contributed by atoms with E-state index in [-0.39, 0.29) is 11.9 Å². The average Bonchev–Trinajstić information content (AvgIpc) is 2.89. The van der Waals surface area contributed by atoms with E-state index >= 15 is 0 Å². The standard InChI is InChI=1S/C19H28N2O3/c1-21(17-7-5-3-4-6-8-17)14-18(22)20-13-15-9-11-16(12-10-15)19(23)24-2/h9-12,17H,3-8,13-14H2,1-2H3,(H,20,22). The SMILES string of the molecule is COC(=O)c1ccc(CNC(=O)CN(C)C2CCCCCC2)cc1. The highest BCUT2D eigenvalue weighted by molar-refractivity contribution is 5.89. The first-order chi connectivity index (χ1) is 11.6. The monoisotopic (exact) mass is 332 g/mol. The zero-order valence-electron chi connectivity index (χ0n) is 14.7. The molecule has 0 spiro atoms. The van der Waals surface area contributed by atoms with Crippen molar-refractivity contribution in [2.24, 2.45) is 0 Å². The van der Waals surface area contributed by atoms with Crippen molar-refractivity contribution in [3.05, 3.63) is 35.4 Å². The van der Waals surface area contributed by atoms with Crippen molar-refractivity contribution in [2.45, 2.75) is 51.1 Å². The molecular formula is C19H28N2O3. The van der Waals surface area contributed by atoms with Gasteiger partial charge >= 0.3 is 5.97 Å². The lowest BCUT2D eigenvalue weighted by atomic mass is 10.1. The third kappa shape index (κ3) is 5.64. The highest BCUT2D eigenvalue weighted by atomic mass is 16.5. The molecule has 132 valence electrons. The summed E-state index contributed by atoms with van der Waals surface area (Å²) in [6.07, 6.45) is 7.56. The quantitative estimate of drug-likeness (QED) is 0.643. The number of carbonyl (C=O) groups is 2. The van der Waals surface area contributed by atoms with Gasteiger partial charge < -0.3 is 10.1 Å². The Labute approximate surface area is 144 Å². The number of likely N-dealkylation sites (N-methyl/N-ethyl adjacent to an activating group) is 1. The van der Waals surface area contributed by atoms with Gasteiger partial charge in [0.05, 0.1) is 19.2 Å². The molecule has 0 aliphatic heterocycles. The van der Waals surface area contributed by atoms with E-state index in [1.807, 2.05) is 19.2 Å². The van der Waals surface area contributed by atoms with Gasteiger partial charge in [-0.15, -0.1) is 0 Å². The number of carbonyl (C=O) groups excluding carboxylic acids is 2. The van der Waals surface area contributed by atoms with E-state index in [0.717, 1.165) is 5.56 Å². The molecule has 0 heterocycles. The molecule has 0 unspecified atom stereocenters. The summed E-state index contributed by atoms with van der Waals surface area (Å²) in [5.74, 6) is -0.311. The first-order valence-corrected chi connectivity index (χ1v) is 8.74. The van der Waals surface area contributed by atoms with Gasteiger partial charge in [0.1, 0.15) is 0 Å². The molecule has 1 fully saturated rings. The molecule has 1 aromatic rings. The molecule has 0 radical (unpaired) electrons. The topological polar surface area (TPSA) is 58.6 Å². The lowest BCUT2D eigenvalue weighted by Crippen LogP contribution is -2.40. The number of nitrogens with one attached hydrogen (secondary N) is 1. The van der Waals surface area contributed by atoms with Gasteiger partial charge in [0, 0.05) is 12.6 Å². The molecule has 1 saturated carbocycles. The van der Waals surface area contributed by atoms with E-state index in [4.69, 9.17) is 0 Å². The van der Waals surface area contributed by atoms with Crippen LogP contribution in [0.1, 0.15) is 54.4 Å². The summed E-state index contributed by atoms with van der Waals surface area (Å²) in [6, 6.07) is 7.62. The smallest absolute Gasteiger partial charge is 0.337 e. The van der Waals surface area contributed by atoms with Gasteiger partial charge in [0.2, 0.25) is 5.91 Å². The molecular weight excluding hydrogens is 304 g/mol. The van der Waals surface area contributed by atoms with Crippen LogP contribution in [0.5, 0.6) is 0 Å². The molecule has 1 amide bonds. The summed E-state index contributed by atoms with van der Waals surface area (Å²) in [6.45, 7) is 0.906. The van der Waals surface area contributed by atoms with Crippen molar-refractivity contribution in [3.63, 3.8) is 0 Å². The van der Waals surface area contributed by atoms with Crippen LogP contribution in [-0.4, -0.2) is 43.5 Å². The zero-order chi connectivity index (χ0) is 17.4. The molecule has 0 aromatic heterocycles. The molecule has 0 atom stereocenters. The molecule has 0 saturated heterocycles. The lowest BCUT2D eigenvalue weighted by Gasteiger charge is -2.26. The second-order valence-corrected chi connectivity index (χ2v) is 6.53. The Morgan fingerprint density at radius 3 is 2.33 bits per heavy atom. The summed E-state index contributed by atoms with van der Waals surface area (Å²) in [5.41, 5.74) is 1.48. The van der Waals surface area contributed by atoms with Gasteiger partial charge in [-0.2, -0.15) is 0 Å². The molecule has 1 N–H and O–H groups in total. The van der Waals surface area contributed by atoms with E-state index in [1.54, 1.807) is 12.1 Å². The normalized spacial score (nSPS) is 15.8. The summed E-state index contributed by atoms with van der Waals surface area (Å²) in [5, 5.41) is 2.95. The number of esters is 1. The molecule has 24 heavy (non-hydrogen) atoms. The van der Waals surface area contributed by atoms with Crippen LogP contribution in [-0.2, 0) is 16.1 Å². The molecule has 0 bridgehead atoms. The minimum Gasteiger partial charge on any atom is -0.465 e. The van der Waals surface area contributed by atoms with E-state index in [9.17, 15) is 9.59 Å². The number of hydrogen-bond acceptors (Lipinski definition) is 4. The Hall–Kier alpha value is -1.88. The molecule has 1 aromatic carbocycles. The van der Waals surface area contributed by atoms with Gasteiger partial charge in [-0.3, -0.25) is 9.69 Å². The predicted octanol–water partition coefficient (Wildman–Crippen LogP) is 2.74. The Kier molecular flexibility index (Phi) is 7.25. The molecule has 2 rings (SSSR count). The second-order valence-electron chi connectivity index (χ2n) is 6.53. The number of nitrogens with zero attached hydrogens (tertiary/aromatic N) is 1. The summed E-state index contributed by atoms with van der Waals surface area (Å²) < 4.78 is 4.67. The Morgan fingerprint density at radius 2 is 1.75 bits per heavy atom. The number of methoxy groups -OCH3 is 1. The molecule has 1 aliphatic rings. The minimum atomic E-state index is -0.351. The molecule has 1 aliphatic carbocycles. The van der Waals surface area contributed by atoms with Crippen LogP contribution in [0, 0.1) is 0 Å². The fraction of sp³-hybridized carbons (Fsp3) is 0.579. The average molecular weight is 332 g/mol. The molecule has 5 nitrogen and oxygen atoms in total. The fourth-order valence-electron chi connectivity index (χ4n) is 3.19. The summed E-state index contributed by atoms with van der Waals surface area (Å²) >= 11 is 0. The van der Waals surface area contributed by atoms with Crippen molar-refractivity contribution in [1.29, 1.82) is 0 Å². The number of amides is 1. The van der Waals surface area contributed by atoms with Crippen LogP contribution in [0.25, 0.3) is 0 Å². The maximum Gasteiger partial charge on any atom is 0.337 e. The Morgan fingerprint density at radius 1 is 1.12 bits per heavy atom. The largest absolute Gasteiger partial charge is 0.465 e. The van der Waals surface area contributed by atoms with Gasteiger partial charge in [-0.05, 0) is 37.6 Å². The maximum absolute atomic E-state index is 12.1. The van der Waals surface area contributed by atoms with Crippen LogP contribution in [0.4, 0.5) is 0 Å². The third-order valence-electron chi connectivity index (χ3n) is 4.71. The first kappa shape index (κ1) is 18.5. The van der Waals surface area contributed by atoms with Gasteiger partial charge in [0.15, 0.2) is 0 Å². The Bertz CT molecular complexity index is 534. The second kappa shape index (κ2) is 9.42.